The Labute approximate surface area is 174 Å². The van der Waals surface area contributed by atoms with Crippen LogP contribution in [0.3, 0.4) is 0 Å². The molecule has 0 saturated carbocycles. The standard InChI is InChI=1S/C24H21N3O3/c1-16(28)17-12-14-20(15-13-17)23(29)26-21(18-8-4-2-5-9-18)24(30)27-22(25)19-10-6-3-7-11-19/h2-15,21H,1H3,(H,26,29)(H2,25,27,30). The largest absolute Gasteiger partial charge is 0.336 e. The summed E-state index contributed by atoms with van der Waals surface area (Å²) < 4.78 is 0. The molecule has 30 heavy (non-hydrogen) atoms. The average molecular weight is 399 g/mol. The molecule has 3 rings (SSSR count). The Morgan fingerprint density at radius 1 is 0.733 bits per heavy atom. The van der Waals surface area contributed by atoms with Crippen molar-refractivity contribution in [3.63, 3.8) is 0 Å². The molecular weight excluding hydrogens is 378 g/mol. The van der Waals surface area contributed by atoms with Crippen LogP contribution in [0, 0.1) is 5.41 Å². The summed E-state index contributed by atoms with van der Waals surface area (Å²) in [6, 6.07) is 22.9. The Hall–Kier alpha value is -4.06. The van der Waals surface area contributed by atoms with Crippen molar-refractivity contribution < 1.29 is 14.4 Å². The van der Waals surface area contributed by atoms with Crippen LogP contribution in [0.2, 0.25) is 0 Å². The lowest BCUT2D eigenvalue weighted by Crippen LogP contribution is -2.42. The van der Waals surface area contributed by atoms with E-state index in [9.17, 15) is 14.4 Å². The SMILES string of the molecule is CC(=O)c1ccc(C(=O)NC(C(=O)NC(=N)c2ccccc2)c2ccccc2)cc1. The average Bonchev–Trinajstić information content (AvgIpc) is 2.78. The van der Waals surface area contributed by atoms with Gasteiger partial charge in [0.25, 0.3) is 11.8 Å². The van der Waals surface area contributed by atoms with E-state index in [-0.39, 0.29) is 11.6 Å². The first-order chi connectivity index (χ1) is 14.5. The molecule has 0 aliphatic heterocycles. The van der Waals surface area contributed by atoms with Crippen LogP contribution in [-0.2, 0) is 4.79 Å². The fourth-order valence-corrected chi connectivity index (χ4v) is 2.89. The fraction of sp³-hybridized carbons (Fsp3) is 0.0833. The summed E-state index contributed by atoms with van der Waals surface area (Å²) in [5.74, 6) is -1.13. The molecule has 6 nitrogen and oxygen atoms in total. The van der Waals surface area contributed by atoms with E-state index >= 15 is 0 Å². The van der Waals surface area contributed by atoms with Gasteiger partial charge in [0, 0.05) is 16.7 Å². The minimum atomic E-state index is -0.991. The second kappa shape index (κ2) is 9.43. The van der Waals surface area contributed by atoms with Crippen molar-refractivity contribution in [3.8, 4) is 0 Å². The van der Waals surface area contributed by atoms with Gasteiger partial charge in [-0.05, 0) is 24.6 Å². The van der Waals surface area contributed by atoms with Crippen molar-refractivity contribution >= 4 is 23.4 Å². The number of ketones is 1. The molecule has 1 unspecified atom stereocenters. The first-order valence-electron chi connectivity index (χ1n) is 9.37. The number of carbonyl (C=O) groups excluding carboxylic acids is 3. The van der Waals surface area contributed by atoms with Gasteiger partial charge in [-0.3, -0.25) is 19.8 Å². The van der Waals surface area contributed by atoms with E-state index < -0.39 is 17.9 Å². The third kappa shape index (κ3) is 5.05. The van der Waals surface area contributed by atoms with E-state index in [1.54, 1.807) is 60.7 Å². The zero-order valence-corrected chi connectivity index (χ0v) is 16.4. The third-order valence-corrected chi connectivity index (χ3v) is 4.53. The molecule has 6 heteroatoms. The smallest absolute Gasteiger partial charge is 0.252 e. The normalized spacial score (nSPS) is 11.2. The number of amidine groups is 1. The van der Waals surface area contributed by atoms with Crippen LogP contribution < -0.4 is 10.6 Å². The van der Waals surface area contributed by atoms with Crippen molar-refractivity contribution in [1.29, 1.82) is 5.41 Å². The van der Waals surface area contributed by atoms with Crippen molar-refractivity contribution in [3.05, 3.63) is 107 Å². The molecule has 0 fully saturated rings. The van der Waals surface area contributed by atoms with Crippen LogP contribution in [-0.4, -0.2) is 23.4 Å². The van der Waals surface area contributed by atoms with Gasteiger partial charge in [0.05, 0.1) is 0 Å². The second-order valence-electron chi connectivity index (χ2n) is 6.68. The Balaban J connectivity index is 1.80. The molecule has 0 saturated heterocycles. The number of Topliss-reactive ketones (excluding diaryl/α,β-unsaturated/α-hetero) is 1. The molecule has 3 aromatic carbocycles. The number of amides is 2. The highest BCUT2D eigenvalue weighted by atomic mass is 16.2. The number of rotatable bonds is 6. The van der Waals surface area contributed by atoms with Crippen molar-refractivity contribution in [1.82, 2.24) is 10.6 Å². The lowest BCUT2D eigenvalue weighted by Gasteiger charge is -2.19. The number of hydrogen-bond donors (Lipinski definition) is 3. The molecule has 0 heterocycles. The fourth-order valence-electron chi connectivity index (χ4n) is 2.89. The highest BCUT2D eigenvalue weighted by Gasteiger charge is 2.24. The monoisotopic (exact) mass is 399 g/mol. The second-order valence-corrected chi connectivity index (χ2v) is 6.68. The Morgan fingerprint density at radius 2 is 1.27 bits per heavy atom. The third-order valence-electron chi connectivity index (χ3n) is 4.53. The van der Waals surface area contributed by atoms with Crippen LogP contribution in [0.1, 0.15) is 44.8 Å². The summed E-state index contributed by atoms with van der Waals surface area (Å²) in [7, 11) is 0. The Kier molecular flexibility index (Phi) is 6.49. The molecule has 0 aromatic heterocycles. The zero-order chi connectivity index (χ0) is 21.5. The molecule has 0 spiro atoms. The molecule has 0 aliphatic rings. The molecule has 150 valence electrons. The van der Waals surface area contributed by atoms with Gasteiger partial charge in [-0.25, -0.2) is 0 Å². The molecule has 3 aromatic rings. The summed E-state index contributed by atoms with van der Waals surface area (Å²) in [5, 5.41) is 13.4. The van der Waals surface area contributed by atoms with Crippen LogP contribution in [0.25, 0.3) is 0 Å². The lowest BCUT2D eigenvalue weighted by molar-refractivity contribution is -0.121. The predicted molar refractivity (Wildman–Crippen MR) is 115 cm³/mol. The maximum absolute atomic E-state index is 12.9. The first-order valence-corrected chi connectivity index (χ1v) is 9.37. The van der Waals surface area contributed by atoms with E-state index in [0.29, 0.717) is 22.3 Å². The van der Waals surface area contributed by atoms with Crippen molar-refractivity contribution in [2.75, 3.05) is 0 Å². The number of nitrogens with one attached hydrogen (secondary N) is 3. The van der Waals surface area contributed by atoms with Gasteiger partial charge in [-0.2, -0.15) is 0 Å². The number of hydrogen-bond acceptors (Lipinski definition) is 4. The highest BCUT2D eigenvalue weighted by molar-refractivity contribution is 6.09. The molecule has 2 amide bonds. The Bertz CT molecular complexity index is 1060. The van der Waals surface area contributed by atoms with E-state index in [2.05, 4.69) is 10.6 Å². The summed E-state index contributed by atoms with van der Waals surface area (Å²) in [6.07, 6.45) is 0. The van der Waals surface area contributed by atoms with E-state index in [1.807, 2.05) is 12.1 Å². The molecule has 1 atom stereocenters. The molecule has 3 N–H and O–H groups in total. The summed E-state index contributed by atoms with van der Waals surface area (Å²) in [5.41, 5.74) is 1.97. The molecule has 0 aliphatic carbocycles. The van der Waals surface area contributed by atoms with Crippen LogP contribution in [0.15, 0.2) is 84.9 Å². The minimum absolute atomic E-state index is 0.0541. The predicted octanol–water partition coefficient (Wildman–Crippen LogP) is 3.50. The van der Waals surface area contributed by atoms with E-state index in [0.717, 1.165) is 0 Å². The van der Waals surface area contributed by atoms with Gasteiger partial charge in [0.1, 0.15) is 11.9 Å². The van der Waals surface area contributed by atoms with Gasteiger partial charge in [-0.1, -0.05) is 72.8 Å². The van der Waals surface area contributed by atoms with Crippen molar-refractivity contribution in [2.45, 2.75) is 13.0 Å². The van der Waals surface area contributed by atoms with Gasteiger partial charge in [0.2, 0.25) is 0 Å². The van der Waals surface area contributed by atoms with Gasteiger partial charge in [0.15, 0.2) is 5.78 Å². The zero-order valence-electron chi connectivity index (χ0n) is 16.4. The summed E-state index contributed by atoms with van der Waals surface area (Å²) >= 11 is 0. The van der Waals surface area contributed by atoms with E-state index in [4.69, 9.17) is 5.41 Å². The topological polar surface area (TPSA) is 99.1 Å². The van der Waals surface area contributed by atoms with E-state index in [1.165, 1.54) is 19.1 Å². The van der Waals surface area contributed by atoms with Crippen molar-refractivity contribution in [2.24, 2.45) is 0 Å². The van der Waals surface area contributed by atoms with Gasteiger partial charge >= 0.3 is 0 Å². The molecular formula is C24H21N3O3. The molecule has 0 bridgehead atoms. The maximum atomic E-state index is 12.9. The van der Waals surface area contributed by atoms with Crippen LogP contribution in [0.5, 0.6) is 0 Å². The first kappa shape index (κ1) is 20.7. The maximum Gasteiger partial charge on any atom is 0.252 e. The summed E-state index contributed by atoms with van der Waals surface area (Å²) in [4.78, 5) is 37.1. The number of carbonyl (C=O) groups is 3. The summed E-state index contributed by atoms with van der Waals surface area (Å²) in [6.45, 7) is 1.45. The highest BCUT2D eigenvalue weighted by Crippen LogP contribution is 2.15. The van der Waals surface area contributed by atoms with Gasteiger partial charge in [-0.15, -0.1) is 0 Å². The quantitative estimate of drug-likeness (QED) is 0.336. The van der Waals surface area contributed by atoms with Crippen LogP contribution >= 0.6 is 0 Å². The minimum Gasteiger partial charge on any atom is -0.336 e. The molecule has 0 radical (unpaired) electrons. The Morgan fingerprint density at radius 3 is 1.83 bits per heavy atom. The van der Waals surface area contributed by atoms with Crippen LogP contribution in [0.4, 0.5) is 0 Å². The number of benzene rings is 3. The van der Waals surface area contributed by atoms with Gasteiger partial charge < -0.3 is 10.6 Å². The lowest BCUT2D eigenvalue weighted by atomic mass is 10.0.